The summed E-state index contributed by atoms with van der Waals surface area (Å²) in [5.41, 5.74) is 1.48. The van der Waals surface area contributed by atoms with E-state index in [0.717, 1.165) is 11.8 Å². The van der Waals surface area contributed by atoms with Gasteiger partial charge in [0.05, 0.1) is 5.75 Å². The van der Waals surface area contributed by atoms with Gasteiger partial charge in [0.25, 0.3) is 0 Å². The number of benzene rings is 1. The Balaban J connectivity index is 2.72. The number of carbonyl (C=O) groups excluding carboxylic acids is 1. The third-order valence-electron chi connectivity index (χ3n) is 3.62. The first-order valence-electron chi connectivity index (χ1n) is 7.30. The van der Waals surface area contributed by atoms with Crippen molar-refractivity contribution < 1.29 is 17.6 Å². The van der Waals surface area contributed by atoms with E-state index in [-0.39, 0.29) is 42.3 Å². The maximum absolute atomic E-state index is 13.4. The van der Waals surface area contributed by atoms with Crippen molar-refractivity contribution in [2.45, 2.75) is 33.1 Å². The van der Waals surface area contributed by atoms with Gasteiger partial charge in [0.15, 0.2) is 0 Å². The van der Waals surface area contributed by atoms with Crippen LogP contribution in [0.5, 0.6) is 0 Å². The summed E-state index contributed by atoms with van der Waals surface area (Å²) in [6.07, 6.45) is 1.39. The van der Waals surface area contributed by atoms with Crippen LogP contribution in [0.2, 0.25) is 0 Å². The van der Waals surface area contributed by atoms with Crippen LogP contribution in [0, 0.1) is 18.7 Å². The summed E-state index contributed by atoms with van der Waals surface area (Å²) in [5, 5.41) is 2.63. The lowest BCUT2D eigenvalue weighted by Crippen LogP contribution is -2.30. The minimum atomic E-state index is -3.08. The molecule has 1 unspecified atom stereocenters. The second-order valence-corrected chi connectivity index (χ2v) is 8.30. The smallest absolute Gasteiger partial charge is 0.220 e. The summed E-state index contributed by atoms with van der Waals surface area (Å²) in [6, 6.07) is 4.89. The molecule has 0 saturated heterocycles. The third kappa shape index (κ3) is 6.13. The number of hydrogen-bond acceptors (Lipinski definition) is 3. The Bertz CT molecular complexity index is 626. The largest absolute Gasteiger partial charge is 0.355 e. The molecule has 0 aliphatic rings. The molecule has 124 valence electrons. The van der Waals surface area contributed by atoms with Crippen LogP contribution in [-0.2, 0) is 14.6 Å². The molecule has 0 spiro atoms. The summed E-state index contributed by atoms with van der Waals surface area (Å²) in [7, 11) is -3.08. The Labute approximate surface area is 132 Å². The number of halogens is 1. The Kier molecular flexibility index (Phi) is 6.53. The van der Waals surface area contributed by atoms with E-state index in [4.69, 9.17) is 0 Å². The predicted molar refractivity (Wildman–Crippen MR) is 86.1 cm³/mol. The average molecular weight is 329 g/mol. The lowest BCUT2D eigenvalue weighted by Gasteiger charge is -2.21. The molecule has 0 aromatic heterocycles. The highest BCUT2D eigenvalue weighted by molar-refractivity contribution is 7.90. The van der Waals surface area contributed by atoms with Crippen molar-refractivity contribution in [3.05, 3.63) is 35.1 Å². The van der Waals surface area contributed by atoms with Gasteiger partial charge in [-0.3, -0.25) is 4.79 Å². The van der Waals surface area contributed by atoms with Crippen LogP contribution in [0.1, 0.15) is 37.3 Å². The first-order valence-corrected chi connectivity index (χ1v) is 9.36. The molecule has 1 atom stereocenters. The number of sulfone groups is 1. The fourth-order valence-corrected chi connectivity index (χ4v) is 2.76. The number of hydrogen-bond donors (Lipinski definition) is 1. The molecule has 22 heavy (non-hydrogen) atoms. The summed E-state index contributed by atoms with van der Waals surface area (Å²) in [4.78, 5) is 12.0. The van der Waals surface area contributed by atoms with E-state index in [1.54, 1.807) is 19.1 Å². The monoisotopic (exact) mass is 329 g/mol. The van der Waals surface area contributed by atoms with Crippen molar-refractivity contribution in [1.82, 2.24) is 5.32 Å². The van der Waals surface area contributed by atoms with Crippen LogP contribution in [0.15, 0.2) is 18.2 Å². The second-order valence-electron chi connectivity index (χ2n) is 6.04. The van der Waals surface area contributed by atoms with Crippen molar-refractivity contribution in [2.24, 2.45) is 5.92 Å². The van der Waals surface area contributed by atoms with E-state index < -0.39 is 9.84 Å². The zero-order valence-electron chi connectivity index (χ0n) is 13.5. The molecule has 1 amide bonds. The maximum atomic E-state index is 13.4. The number of rotatable bonds is 7. The number of carbonyl (C=O) groups is 1. The van der Waals surface area contributed by atoms with Gasteiger partial charge < -0.3 is 5.32 Å². The van der Waals surface area contributed by atoms with Gasteiger partial charge in [-0.1, -0.05) is 26.0 Å². The molecule has 1 aromatic rings. The molecule has 0 aliphatic heterocycles. The van der Waals surface area contributed by atoms with E-state index in [9.17, 15) is 17.6 Å². The summed E-state index contributed by atoms with van der Waals surface area (Å²) in [6.45, 7) is 5.83. The second kappa shape index (κ2) is 7.72. The van der Waals surface area contributed by atoms with E-state index in [1.165, 1.54) is 6.07 Å². The van der Waals surface area contributed by atoms with Gasteiger partial charge in [-0.15, -0.1) is 0 Å². The predicted octanol–water partition coefficient (Wildman–Crippen LogP) is 2.42. The molecule has 0 bridgehead atoms. The molecular weight excluding hydrogens is 305 g/mol. The topological polar surface area (TPSA) is 63.2 Å². The summed E-state index contributed by atoms with van der Waals surface area (Å²) >= 11 is 0. The lowest BCUT2D eigenvalue weighted by molar-refractivity contribution is -0.121. The molecule has 1 N–H and O–H groups in total. The quantitative estimate of drug-likeness (QED) is 0.835. The molecule has 4 nitrogen and oxygen atoms in total. The van der Waals surface area contributed by atoms with Crippen molar-refractivity contribution >= 4 is 15.7 Å². The van der Waals surface area contributed by atoms with E-state index in [1.807, 2.05) is 13.8 Å². The van der Waals surface area contributed by atoms with Gasteiger partial charge >= 0.3 is 0 Å². The fraction of sp³-hybridized carbons (Fsp3) is 0.562. The van der Waals surface area contributed by atoms with Crippen LogP contribution < -0.4 is 5.32 Å². The van der Waals surface area contributed by atoms with Crippen LogP contribution in [0.4, 0.5) is 4.39 Å². The number of aryl methyl sites for hydroxylation is 1. The highest BCUT2D eigenvalue weighted by Crippen LogP contribution is 2.29. The molecule has 6 heteroatoms. The molecule has 1 aromatic carbocycles. The Morgan fingerprint density at radius 1 is 1.32 bits per heavy atom. The lowest BCUT2D eigenvalue weighted by atomic mass is 9.85. The van der Waals surface area contributed by atoms with Crippen LogP contribution in [0.25, 0.3) is 0 Å². The minimum Gasteiger partial charge on any atom is -0.355 e. The Morgan fingerprint density at radius 2 is 1.95 bits per heavy atom. The van der Waals surface area contributed by atoms with Crippen LogP contribution in [-0.4, -0.2) is 32.9 Å². The first-order chi connectivity index (χ1) is 10.1. The van der Waals surface area contributed by atoms with Gasteiger partial charge in [0.2, 0.25) is 5.91 Å². The highest BCUT2D eigenvalue weighted by atomic mass is 32.2. The van der Waals surface area contributed by atoms with Crippen molar-refractivity contribution in [2.75, 3.05) is 18.6 Å². The van der Waals surface area contributed by atoms with Crippen LogP contribution >= 0.6 is 0 Å². The fourth-order valence-electron chi connectivity index (χ4n) is 2.28. The normalized spacial score (nSPS) is 13.2. The maximum Gasteiger partial charge on any atom is 0.220 e. The van der Waals surface area contributed by atoms with E-state index in [0.29, 0.717) is 5.56 Å². The molecule has 0 heterocycles. The first kappa shape index (κ1) is 18.6. The van der Waals surface area contributed by atoms with Crippen molar-refractivity contribution in [3.8, 4) is 0 Å². The molecule has 0 radical (unpaired) electrons. The summed E-state index contributed by atoms with van der Waals surface area (Å²) in [5.74, 6) is -0.336. The van der Waals surface area contributed by atoms with Gasteiger partial charge in [0, 0.05) is 19.2 Å². The van der Waals surface area contributed by atoms with Crippen molar-refractivity contribution in [1.29, 1.82) is 0 Å². The average Bonchev–Trinajstić information content (AvgIpc) is 2.37. The SMILES string of the molecule is Cc1cc(C(CC(=O)NCCS(C)(=O)=O)C(C)C)ccc1F. The Hall–Kier alpha value is -1.43. The highest BCUT2D eigenvalue weighted by Gasteiger charge is 2.20. The number of amides is 1. The van der Waals surface area contributed by atoms with Gasteiger partial charge in [0.1, 0.15) is 15.7 Å². The van der Waals surface area contributed by atoms with Crippen LogP contribution in [0.3, 0.4) is 0 Å². The van der Waals surface area contributed by atoms with E-state index >= 15 is 0 Å². The molecule has 0 fully saturated rings. The minimum absolute atomic E-state index is 0.0301. The van der Waals surface area contributed by atoms with Crippen molar-refractivity contribution in [3.63, 3.8) is 0 Å². The van der Waals surface area contributed by atoms with Gasteiger partial charge in [-0.05, 0) is 36.0 Å². The molecule has 0 saturated carbocycles. The molecule has 0 aliphatic carbocycles. The number of nitrogens with one attached hydrogen (secondary N) is 1. The van der Waals surface area contributed by atoms with Gasteiger partial charge in [-0.25, -0.2) is 12.8 Å². The Morgan fingerprint density at radius 3 is 2.45 bits per heavy atom. The zero-order chi connectivity index (χ0) is 16.9. The van der Waals surface area contributed by atoms with Gasteiger partial charge in [-0.2, -0.15) is 0 Å². The third-order valence-corrected chi connectivity index (χ3v) is 4.56. The molecule has 1 rings (SSSR count). The molecular formula is C16H24FNO3S. The standard InChI is InChI=1S/C16H24FNO3S/c1-11(2)14(13-5-6-15(17)12(3)9-13)10-16(19)18-7-8-22(4,20)21/h5-6,9,11,14H,7-8,10H2,1-4H3,(H,18,19). The zero-order valence-corrected chi connectivity index (χ0v) is 14.3. The van der Waals surface area contributed by atoms with E-state index in [2.05, 4.69) is 5.32 Å². The summed E-state index contributed by atoms with van der Waals surface area (Å²) < 4.78 is 35.5.